The number of alkyl halides is 3. The molecule has 2 rings (SSSR count). The van der Waals surface area contributed by atoms with Crippen molar-refractivity contribution in [1.82, 2.24) is 10.4 Å². The minimum absolute atomic E-state index is 0.0946. The number of nitrogens with one attached hydrogen (secondary N) is 1. The number of hydrogen-bond donors (Lipinski definition) is 4. The molecule has 146 valence electrons. The SMILES string of the molecule is O=C(NN(c1cccc(C(F)(F)F)c1)C(CO)(CO)CO)c1cccnc1. The number of aliphatic hydroxyl groups excluding tert-OH is 3. The van der Waals surface area contributed by atoms with E-state index in [1.807, 2.05) is 0 Å². The highest BCUT2D eigenvalue weighted by Crippen LogP contribution is 2.33. The van der Waals surface area contributed by atoms with Crippen molar-refractivity contribution in [3.8, 4) is 0 Å². The van der Waals surface area contributed by atoms with Crippen LogP contribution in [0.4, 0.5) is 18.9 Å². The van der Waals surface area contributed by atoms with E-state index < -0.39 is 43.0 Å². The summed E-state index contributed by atoms with van der Waals surface area (Å²) in [5.41, 5.74) is -0.600. The monoisotopic (exact) mass is 385 g/mol. The molecular weight excluding hydrogens is 367 g/mol. The van der Waals surface area contributed by atoms with E-state index >= 15 is 0 Å². The van der Waals surface area contributed by atoms with Gasteiger partial charge in [-0.05, 0) is 30.3 Å². The van der Waals surface area contributed by atoms with E-state index in [0.29, 0.717) is 0 Å². The minimum atomic E-state index is -4.64. The largest absolute Gasteiger partial charge is 0.416 e. The Morgan fingerprint density at radius 2 is 1.74 bits per heavy atom. The molecule has 10 heteroatoms. The van der Waals surface area contributed by atoms with Crippen molar-refractivity contribution in [3.05, 3.63) is 59.9 Å². The number of carbonyl (C=O) groups excluding carboxylic acids is 1. The first kappa shape index (κ1) is 20.6. The average molecular weight is 385 g/mol. The van der Waals surface area contributed by atoms with E-state index in [1.165, 1.54) is 30.6 Å². The second-order valence-electron chi connectivity index (χ2n) is 5.76. The molecule has 27 heavy (non-hydrogen) atoms. The number of aromatic nitrogens is 1. The third-order valence-corrected chi connectivity index (χ3v) is 3.93. The quantitative estimate of drug-likeness (QED) is 0.530. The Morgan fingerprint density at radius 3 is 2.26 bits per heavy atom. The lowest BCUT2D eigenvalue weighted by Gasteiger charge is -2.41. The lowest BCUT2D eigenvalue weighted by Crippen LogP contribution is -2.64. The van der Waals surface area contributed by atoms with Gasteiger partial charge in [-0.1, -0.05) is 6.07 Å². The molecule has 2 aromatic rings. The summed E-state index contributed by atoms with van der Waals surface area (Å²) < 4.78 is 39.1. The molecule has 0 radical (unpaired) electrons. The maximum absolute atomic E-state index is 13.0. The molecule has 1 aromatic carbocycles. The van der Waals surface area contributed by atoms with Gasteiger partial charge in [-0.2, -0.15) is 13.2 Å². The van der Waals surface area contributed by atoms with Crippen LogP contribution in [0.25, 0.3) is 0 Å². The van der Waals surface area contributed by atoms with E-state index in [4.69, 9.17) is 0 Å². The van der Waals surface area contributed by atoms with Gasteiger partial charge in [0, 0.05) is 12.4 Å². The number of rotatable bonds is 7. The van der Waals surface area contributed by atoms with Crippen molar-refractivity contribution in [1.29, 1.82) is 0 Å². The van der Waals surface area contributed by atoms with Gasteiger partial charge in [-0.25, -0.2) is 0 Å². The highest BCUT2D eigenvalue weighted by atomic mass is 19.4. The Bertz CT molecular complexity index is 759. The first-order chi connectivity index (χ1) is 12.8. The highest BCUT2D eigenvalue weighted by Gasteiger charge is 2.39. The van der Waals surface area contributed by atoms with Crippen LogP contribution < -0.4 is 10.4 Å². The number of benzene rings is 1. The van der Waals surface area contributed by atoms with E-state index in [2.05, 4.69) is 10.4 Å². The summed E-state index contributed by atoms with van der Waals surface area (Å²) in [4.78, 5) is 16.2. The summed E-state index contributed by atoms with van der Waals surface area (Å²) in [6.45, 7) is -2.53. The van der Waals surface area contributed by atoms with Crippen LogP contribution in [0.5, 0.6) is 0 Å². The van der Waals surface area contributed by atoms with E-state index in [1.54, 1.807) is 0 Å². The van der Waals surface area contributed by atoms with Gasteiger partial charge in [-0.3, -0.25) is 20.2 Å². The summed E-state index contributed by atoms with van der Waals surface area (Å²) >= 11 is 0. The fourth-order valence-corrected chi connectivity index (χ4v) is 2.30. The number of halogens is 3. The standard InChI is InChI=1S/C17H18F3N3O4/c18-17(19,20)13-4-1-5-14(7-13)23(16(9-24,10-25)11-26)22-15(27)12-3-2-6-21-8-12/h1-8,24-26H,9-11H2,(H,22,27). The van der Waals surface area contributed by atoms with Crippen LogP contribution in [0.1, 0.15) is 15.9 Å². The zero-order chi connectivity index (χ0) is 20.1. The first-order valence-corrected chi connectivity index (χ1v) is 7.78. The second kappa shape index (κ2) is 8.33. The van der Waals surface area contributed by atoms with Crippen LogP contribution in [0.3, 0.4) is 0 Å². The Morgan fingerprint density at radius 1 is 1.07 bits per heavy atom. The van der Waals surface area contributed by atoms with Gasteiger partial charge in [0.2, 0.25) is 0 Å². The maximum atomic E-state index is 13.0. The van der Waals surface area contributed by atoms with E-state index in [9.17, 15) is 33.3 Å². The third kappa shape index (κ3) is 4.54. The molecule has 0 aliphatic carbocycles. The first-order valence-electron chi connectivity index (χ1n) is 7.78. The van der Waals surface area contributed by atoms with Gasteiger partial charge in [0.1, 0.15) is 5.54 Å². The normalized spacial score (nSPS) is 11.9. The molecule has 0 bridgehead atoms. The third-order valence-electron chi connectivity index (χ3n) is 3.93. The summed E-state index contributed by atoms with van der Waals surface area (Å²) in [5, 5.41) is 29.9. The van der Waals surface area contributed by atoms with Crippen molar-refractivity contribution < 1.29 is 33.3 Å². The molecule has 0 fully saturated rings. The van der Waals surface area contributed by atoms with E-state index in [-0.39, 0.29) is 11.3 Å². The molecule has 7 nitrogen and oxygen atoms in total. The molecule has 1 heterocycles. The van der Waals surface area contributed by atoms with Crippen molar-refractivity contribution in [2.75, 3.05) is 24.8 Å². The number of anilines is 1. The number of nitrogens with zero attached hydrogens (tertiary/aromatic N) is 2. The lowest BCUT2D eigenvalue weighted by molar-refractivity contribution is -0.137. The highest BCUT2D eigenvalue weighted by molar-refractivity contribution is 5.94. The second-order valence-corrected chi connectivity index (χ2v) is 5.76. The molecule has 0 aliphatic rings. The molecule has 0 spiro atoms. The van der Waals surface area contributed by atoms with Crippen molar-refractivity contribution in [2.24, 2.45) is 0 Å². The maximum Gasteiger partial charge on any atom is 0.416 e. The number of aliphatic hydroxyl groups is 3. The van der Waals surface area contributed by atoms with Gasteiger partial charge >= 0.3 is 6.18 Å². The number of amides is 1. The molecule has 1 aromatic heterocycles. The Labute approximate surface area is 152 Å². The molecular formula is C17H18F3N3O4. The van der Waals surface area contributed by atoms with Crippen LogP contribution in [-0.2, 0) is 6.18 Å². The van der Waals surface area contributed by atoms with Crippen LogP contribution in [-0.4, -0.2) is 51.6 Å². The van der Waals surface area contributed by atoms with Gasteiger partial charge < -0.3 is 15.3 Å². The number of hydrogen-bond acceptors (Lipinski definition) is 6. The summed E-state index contributed by atoms with van der Waals surface area (Å²) in [6.07, 6.45) is -1.98. The van der Waals surface area contributed by atoms with Gasteiger partial charge in [0.15, 0.2) is 0 Å². The molecule has 0 aliphatic heterocycles. The van der Waals surface area contributed by atoms with Crippen molar-refractivity contribution >= 4 is 11.6 Å². The van der Waals surface area contributed by atoms with Crippen LogP contribution in [0.2, 0.25) is 0 Å². The van der Waals surface area contributed by atoms with E-state index in [0.717, 1.165) is 23.2 Å². The zero-order valence-electron chi connectivity index (χ0n) is 14.0. The van der Waals surface area contributed by atoms with Crippen LogP contribution in [0, 0.1) is 0 Å². The zero-order valence-corrected chi connectivity index (χ0v) is 14.0. The smallest absolute Gasteiger partial charge is 0.394 e. The molecule has 0 saturated heterocycles. The fourth-order valence-electron chi connectivity index (χ4n) is 2.30. The summed E-state index contributed by atoms with van der Waals surface area (Å²) in [5.74, 6) is -0.750. The Kier molecular flexibility index (Phi) is 6.37. The number of hydrazine groups is 1. The van der Waals surface area contributed by atoms with Crippen LogP contribution >= 0.6 is 0 Å². The molecule has 4 N–H and O–H groups in total. The van der Waals surface area contributed by atoms with Gasteiger partial charge in [0.05, 0.1) is 36.6 Å². The Balaban J connectivity index is 2.49. The molecule has 0 atom stereocenters. The van der Waals surface area contributed by atoms with Gasteiger partial charge in [-0.15, -0.1) is 0 Å². The molecule has 0 unspecified atom stereocenters. The average Bonchev–Trinajstić information content (AvgIpc) is 2.68. The molecule has 0 saturated carbocycles. The Hall–Kier alpha value is -2.69. The van der Waals surface area contributed by atoms with Gasteiger partial charge in [0.25, 0.3) is 5.91 Å². The fraction of sp³-hybridized carbons (Fsp3) is 0.294. The van der Waals surface area contributed by atoms with Crippen molar-refractivity contribution in [3.63, 3.8) is 0 Å². The topological polar surface area (TPSA) is 106 Å². The lowest BCUT2D eigenvalue weighted by atomic mass is 10.0. The van der Waals surface area contributed by atoms with Crippen molar-refractivity contribution in [2.45, 2.75) is 11.7 Å². The summed E-state index contributed by atoms with van der Waals surface area (Å²) in [7, 11) is 0. The minimum Gasteiger partial charge on any atom is -0.394 e. The molecule has 1 amide bonds. The number of carbonyl (C=O) groups is 1. The van der Waals surface area contributed by atoms with Crippen LogP contribution in [0.15, 0.2) is 48.8 Å². The number of pyridine rings is 1. The summed E-state index contributed by atoms with van der Waals surface area (Å²) in [6, 6.07) is 6.83. The predicted molar refractivity (Wildman–Crippen MR) is 89.6 cm³/mol. The predicted octanol–water partition coefficient (Wildman–Crippen LogP) is 0.968.